The van der Waals surface area contributed by atoms with Gasteiger partial charge in [-0.2, -0.15) is 0 Å². The predicted molar refractivity (Wildman–Crippen MR) is 171 cm³/mol. The van der Waals surface area contributed by atoms with Gasteiger partial charge in [0, 0.05) is 30.2 Å². The SMILES string of the molecule is O=S(=O)(Cl)C1CCC2C3NC4NC(NC5NC(NC6NC(NC(N3)C2C1)C1CCCCC61)C1CCCCC51)C1CCCCC41.[Zn]. The maximum atomic E-state index is 12.6. The van der Waals surface area contributed by atoms with Crippen LogP contribution >= 0.6 is 10.7 Å². The average molecular weight is 717 g/mol. The van der Waals surface area contributed by atoms with Gasteiger partial charge < -0.3 is 0 Å². The molecule has 5 heterocycles. The number of halogens is 1. The largest absolute Gasteiger partial charge is 0.286 e. The minimum absolute atomic E-state index is 0. The molecule has 5 saturated heterocycles. The van der Waals surface area contributed by atoms with Gasteiger partial charge in [0.2, 0.25) is 9.05 Å². The smallest absolute Gasteiger partial charge is 0.235 e. The van der Waals surface area contributed by atoms with E-state index in [2.05, 4.69) is 42.5 Å². The van der Waals surface area contributed by atoms with E-state index in [9.17, 15) is 8.42 Å². The van der Waals surface area contributed by atoms with E-state index < -0.39 is 14.3 Å². The standard InChI is InChI=1S/C32H55ClN8O2S.Zn/c33-44(42,43)16-13-14-23-24(15-16)32-40-30-22-12-6-5-11-21(22)28(38-30)36-26-18-8-2-1-7-17(18)25(34-26)35-27-19-9-3-4-10-20(19)29(37-27)39-31(23)41-32;/h16-32,34-41H,1-15H2;. The number of rotatable bonds is 1. The zero-order valence-electron chi connectivity index (χ0n) is 26.7. The van der Waals surface area contributed by atoms with Crippen LogP contribution in [0.15, 0.2) is 0 Å². The van der Waals surface area contributed by atoms with Crippen LogP contribution in [0.2, 0.25) is 0 Å². The van der Waals surface area contributed by atoms with Gasteiger partial charge in [-0.15, -0.1) is 0 Å². The summed E-state index contributed by atoms with van der Waals surface area (Å²) in [6.45, 7) is 0. The van der Waals surface area contributed by atoms with Gasteiger partial charge in [0.15, 0.2) is 0 Å². The van der Waals surface area contributed by atoms with Gasteiger partial charge in [-0.05, 0) is 105 Å². The summed E-state index contributed by atoms with van der Waals surface area (Å²) in [5.74, 6) is 4.40. The van der Waals surface area contributed by atoms with Gasteiger partial charge in [-0.25, -0.2) is 8.42 Å². The van der Waals surface area contributed by atoms with Crippen molar-refractivity contribution >= 4 is 19.7 Å². The van der Waals surface area contributed by atoms with Crippen molar-refractivity contribution in [2.75, 3.05) is 0 Å². The van der Waals surface area contributed by atoms with Crippen LogP contribution in [0.3, 0.4) is 0 Å². The second-order valence-electron chi connectivity index (χ2n) is 16.2. The van der Waals surface area contributed by atoms with E-state index in [-0.39, 0.29) is 56.2 Å². The number of fused-ring (bicyclic) bond motifs is 20. The van der Waals surface area contributed by atoms with Crippen LogP contribution in [0.4, 0.5) is 0 Å². The molecule has 0 radical (unpaired) electrons. The maximum Gasteiger partial charge on any atom is 0.235 e. The van der Waals surface area contributed by atoms with Gasteiger partial charge in [0.25, 0.3) is 0 Å². The van der Waals surface area contributed by atoms with E-state index in [0.29, 0.717) is 72.8 Å². The zero-order valence-corrected chi connectivity index (χ0v) is 31.3. The topological polar surface area (TPSA) is 130 Å². The summed E-state index contributed by atoms with van der Waals surface area (Å²) >= 11 is 0. The van der Waals surface area contributed by atoms with Crippen LogP contribution in [-0.2, 0) is 28.5 Å². The van der Waals surface area contributed by atoms with Crippen molar-refractivity contribution in [1.29, 1.82) is 0 Å². The molecule has 250 valence electrons. The molecular formula is C32H55ClN8O2SZn. The second-order valence-corrected chi connectivity index (χ2v) is 19.1. The fourth-order valence-electron chi connectivity index (χ4n) is 12.2. The first-order chi connectivity index (χ1) is 21.4. The molecule has 45 heavy (non-hydrogen) atoms. The molecule has 8 N–H and O–H groups in total. The number of hydrogen-bond donors (Lipinski definition) is 8. The van der Waals surface area contributed by atoms with Crippen molar-refractivity contribution in [2.24, 2.45) is 47.3 Å². The molecule has 5 aliphatic heterocycles. The Balaban J connectivity index is 0.00000300. The van der Waals surface area contributed by atoms with E-state index in [0.717, 1.165) is 6.42 Å². The average Bonchev–Trinajstić information content (AvgIpc) is 3.76. The summed E-state index contributed by atoms with van der Waals surface area (Å²) < 4.78 is 25.1. The molecule has 0 aromatic rings. The minimum Gasteiger partial charge on any atom is -0.286 e. The third-order valence-electron chi connectivity index (χ3n) is 14.2. The molecule has 4 aliphatic carbocycles. The normalized spacial score (nSPS) is 54.3. The van der Waals surface area contributed by atoms with Gasteiger partial charge in [0.1, 0.15) is 0 Å². The quantitative estimate of drug-likeness (QED) is 0.151. The van der Waals surface area contributed by atoms with Crippen molar-refractivity contribution in [1.82, 2.24) is 42.5 Å². The number of nitrogens with one attached hydrogen (secondary N) is 8. The summed E-state index contributed by atoms with van der Waals surface area (Å²) in [4.78, 5) is 0. The summed E-state index contributed by atoms with van der Waals surface area (Å²) in [6.07, 6.45) is 19.8. The van der Waals surface area contributed by atoms with E-state index in [1.807, 2.05) is 0 Å². The van der Waals surface area contributed by atoms with Crippen molar-refractivity contribution in [3.8, 4) is 0 Å². The van der Waals surface area contributed by atoms with E-state index >= 15 is 0 Å². The Bertz CT molecular complexity index is 1190. The summed E-state index contributed by atoms with van der Waals surface area (Å²) in [5, 5.41) is 32.5. The Kier molecular flexibility index (Phi) is 9.47. The monoisotopic (exact) mass is 714 g/mol. The molecular weight excluding hydrogens is 661 g/mol. The minimum atomic E-state index is -3.58. The molecule has 8 bridgehead atoms. The van der Waals surface area contributed by atoms with Crippen molar-refractivity contribution < 1.29 is 27.9 Å². The van der Waals surface area contributed by atoms with Crippen LogP contribution in [0.25, 0.3) is 0 Å². The first kappa shape index (κ1) is 32.7. The van der Waals surface area contributed by atoms with E-state index in [1.54, 1.807) is 0 Å². The first-order valence-electron chi connectivity index (χ1n) is 18.4. The molecule has 0 spiro atoms. The Hall–Kier alpha value is 0.543. The van der Waals surface area contributed by atoms with Gasteiger partial charge in [-0.1, -0.05) is 38.5 Å². The molecule has 9 aliphatic rings. The Morgan fingerprint density at radius 3 is 0.889 bits per heavy atom. The van der Waals surface area contributed by atoms with Crippen LogP contribution in [0, 0.1) is 47.3 Å². The molecule has 9 rings (SSSR count). The zero-order chi connectivity index (χ0) is 29.6. The number of hydrogen-bond acceptors (Lipinski definition) is 10. The second kappa shape index (κ2) is 13.0. The first-order valence-corrected chi connectivity index (χ1v) is 20.8. The van der Waals surface area contributed by atoms with Crippen LogP contribution in [-0.4, -0.2) is 63.0 Å². The van der Waals surface area contributed by atoms with Crippen LogP contribution in [0.1, 0.15) is 96.3 Å². The molecule has 13 heteroatoms. The molecule has 4 saturated carbocycles. The fourth-order valence-corrected chi connectivity index (χ4v) is 13.6. The van der Waals surface area contributed by atoms with Crippen molar-refractivity contribution in [3.63, 3.8) is 0 Å². The molecule has 9 fully saturated rings. The molecule has 17 atom stereocenters. The molecule has 0 aromatic heterocycles. The molecule has 0 aromatic carbocycles. The van der Waals surface area contributed by atoms with Crippen molar-refractivity contribution in [2.45, 2.75) is 151 Å². The van der Waals surface area contributed by atoms with Crippen molar-refractivity contribution in [3.05, 3.63) is 0 Å². The maximum absolute atomic E-state index is 12.6. The Morgan fingerprint density at radius 2 is 0.622 bits per heavy atom. The van der Waals surface area contributed by atoms with E-state index in [1.165, 1.54) is 77.0 Å². The third kappa shape index (κ3) is 5.94. The molecule has 17 unspecified atom stereocenters. The fraction of sp³-hybridized carbons (Fsp3) is 1.00. The summed E-state index contributed by atoms with van der Waals surface area (Å²) in [7, 11) is 2.42. The van der Waals surface area contributed by atoms with E-state index in [4.69, 9.17) is 10.7 Å². The van der Waals surface area contributed by atoms with Gasteiger partial charge >= 0.3 is 0 Å². The molecule has 0 amide bonds. The predicted octanol–water partition coefficient (Wildman–Crippen LogP) is 2.15. The van der Waals surface area contributed by atoms with Crippen LogP contribution < -0.4 is 42.5 Å². The third-order valence-corrected chi connectivity index (χ3v) is 16.2. The van der Waals surface area contributed by atoms with Gasteiger partial charge in [0.05, 0.1) is 54.6 Å². The van der Waals surface area contributed by atoms with Gasteiger partial charge in [-0.3, -0.25) is 42.5 Å². The summed E-state index contributed by atoms with van der Waals surface area (Å²) in [6, 6.07) is 0. The Labute approximate surface area is 287 Å². The summed E-state index contributed by atoms with van der Waals surface area (Å²) in [5.41, 5.74) is 0. The molecule has 10 nitrogen and oxygen atoms in total. The Morgan fingerprint density at radius 1 is 0.378 bits per heavy atom. The van der Waals surface area contributed by atoms with Crippen LogP contribution in [0.5, 0.6) is 0 Å².